The molecule has 6 atom stereocenters. The third-order valence-corrected chi connectivity index (χ3v) is 11.0. The van der Waals surface area contributed by atoms with Gasteiger partial charge in [-0.25, -0.2) is 4.79 Å². The third-order valence-electron chi connectivity index (χ3n) is 9.72. The number of hydrogen-bond donors (Lipinski definition) is 6. The van der Waals surface area contributed by atoms with Crippen LogP contribution in [0.3, 0.4) is 0 Å². The number of imide groups is 1. The Labute approximate surface area is 367 Å². The van der Waals surface area contributed by atoms with Crippen molar-refractivity contribution < 1.29 is 43.1 Å². The molecule has 61 heavy (non-hydrogen) atoms. The van der Waals surface area contributed by atoms with E-state index in [0.29, 0.717) is 54.7 Å². The molecule has 2 rings (SSSR count). The van der Waals surface area contributed by atoms with E-state index in [1.54, 1.807) is 60.7 Å². The number of ether oxygens (including phenoxy) is 1. The highest BCUT2D eigenvalue weighted by Crippen LogP contribution is 2.19. The second-order valence-electron chi connectivity index (χ2n) is 14.8. The molecule has 0 saturated carbocycles. The van der Waals surface area contributed by atoms with Crippen molar-refractivity contribution in [3.8, 4) is 0 Å². The number of thioether (sulfide) groups is 2. The number of unbranched alkanes of at least 4 members (excludes halogenated alkanes) is 1. The molecule has 0 unspecified atom stereocenters. The zero-order valence-electron chi connectivity index (χ0n) is 35.8. The number of amides is 7. The van der Waals surface area contributed by atoms with E-state index in [-0.39, 0.29) is 44.6 Å². The summed E-state index contributed by atoms with van der Waals surface area (Å²) in [5, 5.41) is 13.3. The van der Waals surface area contributed by atoms with Crippen molar-refractivity contribution in [2.45, 2.75) is 101 Å². The number of nitrogens with zero attached hydrogens (tertiary/aromatic N) is 1. The van der Waals surface area contributed by atoms with Gasteiger partial charge in [-0.3, -0.25) is 38.5 Å². The molecular formula is C43H63N7O9S2. The van der Waals surface area contributed by atoms with Gasteiger partial charge in [-0.15, -0.1) is 0 Å². The van der Waals surface area contributed by atoms with Gasteiger partial charge in [0.15, 0.2) is 0 Å². The summed E-state index contributed by atoms with van der Waals surface area (Å²) in [4.78, 5) is 109. The third kappa shape index (κ3) is 18.3. The molecule has 0 radical (unpaired) electrons. The maximum absolute atomic E-state index is 15.3. The van der Waals surface area contributed by atoms with Crippen molar-refractivity contribution in [1.82, 2.24) is 31.5 Å². The highest BCUT2D eigenvalue weighted by molar-refractivity contribution is 7.98. The molecule has 7 N–H and O–H groups in total. The number of benzene rings is 2. The number of esters is 1. The van der Waals surface area contributed by atoms with E-state index in [1.807, 2.05) is 26.4 Å². The Balaban J connectivity index is 2.79. The van der Waals surface area contributed by atoms with Crippen molar-refractivity contribution in [3.63, 3.8) is 0 Å². The van der Waals surface area contributed by atoms with E-state index in [0.717, 1.165) is 12.0 Å². The average molecular weight is 886 g/mol. The van der Waals surface area contributed by atoms with Gasteiger partial charge >= 0.3 is 5.97 Å². The van der Waals surface area contributed by atoms with Crippen LogP contribution in [0.5, 0.6) is 0 Å². The molecule has 0 saturated heterocycles. The molecule has 336 valence electrons. The van der Waals surface area contributed by atoms with Gasteiger partial charge in [-0.2, -0.15) is 23.5 Å². The molecule has 16 nitrogen and oxygen atoms in total. The summed E-state index contributed by atoms with van der Waals surface area (Å²) in [7, 11) is 1.13. The first-order valence-electron chi connectivity index (χ1n) is 20.4. The van der Waals surface area contributed by atoms with Crippen molar-refractivity contribution in [3.05, 3.63) is 71.8 Å². The Hall–Kier alpha value is -4.94. The molecular weight excluding hydrogens is 823 g/mol. The minimum atomic E-state index is -1.56. The molecule has 0 aliphatic carbocycles. The Morgan fingerprint density at radius 3 is 1.57 bits per heavy atom. The molecule has 0 spiro atoms. The van der Waals surface area contributed by atoms with E-state index < -0.39 is 71.8 Å². The zero-order chi connectivity index (χ0) is 45.2. The molecule has 0 fully saturated rings. The summed E-state index contributed by atoms with van der Waals surface area (Å²) in [6.07, 6.45) is 5.76. The quantitative estimate of drug-likeness (QED) is 0.0374. The van der Waals surface area contributed by atoms with Gasteiger partial charge in [-0.1, -0.05) is 74.5 Å². The summed E-state index contributed by atoms with van der Waals surface area (Å²) < 4.78 is 5.21. The highest BCUT2D eigenvalue weighted by Gasteiger charge is 2.43. The van der Waals surface area contributed by atoms with Gasteiger partial charge < -0.3 is 37.1 Å². The number of nitrogens with one attached hydrogen (secondary N) is 5. The minimum absolute atomic E-state index is 0.0197. The minimum Gasteiger partial charge on any atom is -0.467 e. The summed E-state index contributed by atoms with van der Waals surface area (Å²) in [5.74, 6) is -3.86. The van der Waals surface area contributed by atoms with Crippen LogP contribution in [-0.2, 0) is 55.9 Å². The molecule has 0 aliphatic rings. The first kappa shape index (κ1) is 52.2. The Morgan fingerprint density at radius 1 is 0.656 bits per heavy atom. The fourth-order valence-corrected chi connectivity index (χ4v) is 7.48. The predicted molar refractivity (Wildman–Crippen MR) is 238 cm³/mol. The van der Waals surface area contributed by atoms with Crippen LogP contribution in [0.4, 0.5) is 0 Å². The summed E-state index contributed by atoms with van der Waals surface area (Å²) in [6, 6.07) is 9.91. The van der Waals surface area contributed by atoms with Crippen LogP contribution in [-0.4, -0.2) is 127 Å². The summed E-state index contributed by atoms with van der Waals surface area (Å²) in [5.41, 5.74) is 6.99. The van der Waals surface area contributed by atoms with Crippen LogP contribution >= 0.6 is 23.5 Å². The van der Waals surface area contributed by atoms with E-state index in [2.05, 4.69) is 26.6 Å². The number of rotatable bonds is 30. The lowest BCUT2D eigenvalue weighted by molar-refractivity contribution is -0.162. The molecule has 0 bridgehead atoms. The van der Waals surface area contributed by atoms with Crippen LogP contribution in [0.25, 0.3) is 0 Å². The molecule has 7 amide bonds. The number of hydrogen-bond acceptors (Lipinski definition) is 12. The van der Waals surface area contributed by atoms with Crippen molar-refractivity contribution >= 4 is 71.8 Å². The van der Waals surface area contributed by atoms with Crippen molar-refractivity contribution in [2.24, 2.45) is 11.7 Å². The maximum atomic E-state index is 15.3. The van der Waals surface area contributed by atoms with Gasteiger partial charge in [0.1, 0.15) is 36.3 Å². The Morgan fingerprint density at radius 2 is 1.11 bits per heavy atom. The largest absolute Gasteiger partial charge is 0.467 e. The smallest absolute Gasteiger partial charge is 0.329 e. The lowest BCUT2D eigenvalue weighted by Crippen LogP contribution is -2.63. The Kier molecular flexibility index (Phi) is 25.1. The zero-order valence-corrected chi connectivity index (χ0v) is 37.4. The molecule has 2 aromatic carbocycles. The highest BCUT2D eigenvalue weighted by atomic mass is 32.2. The van der Waals surface area contributed by atoms with E-state index in [9.17, 15) is 28.8 Å². The van der Waals surface area contributed by atoms with Crippen molar-refractivity contribution in [1.29, 1.82) is 0 Å². The molecule has 2 aromatic rings. The fraction of sp³-hybridized carbons (Fsp3) is 0.535. The topological polar surface area (TPSA) is 235 Å². The maximum Gasteiger partial charge on any atom is 0.329 e. The van der Waals surface area contributed by atoms with Gasteiger partial charge in [0.25, 0.3) is 11.8 Å². The number of methoxy groups -OCH3 is 1. The summed E-state index contributed by atoms with van der Waals surface area (Å²) in [6.45, 7) is 3.99. The lowest BCUT2D eigenvalue weighted by Gasteiger charge is -2.35. The van der Waals surface area contributed by atoms with Crippen LogP contribution in [0.2, 0.25) is 0 Å². The van der Waals surface area contributed by atoms with Crippen LogP contribution in [0.15, 0.2) is 60.7 Å². The number of carbonyl (C=O) groups is 8. The van der Waals surface area contributed by atoms with Gasteiger partial charge in [0.2, 0.25) is 30.5 Å². The van der Waals surface area contributed by atoms with Gasteiger partial charge in [0, 0.05) is 12.8 Å². The van der Waals surface area contributed by atoms with Crippen LogP contribution in [0.1, 0.15) is 63.5 Å². The van der Waals surface area contributed by atoms with E-state index in [4.69, 9.17) is 10.5 Å². The Bertz CT molecular complexity index is 1690. The van der Waals surface area contributed by atoms with Crippen LogP contribution in [0, 0.1) is 5.92 Å². The summed E-state index contributed by atoms with van der Waals surface area (Å²) >= 11 is 2.95. The van der Waals surface area contributed by atoms with E-state index >= 15 is 9.59 Å². The fourth-order valence-electron chi connectivity index (χ4n) is 6.54. The normalized spacial score (nSPS) is 13.9. The lowest BCUT2D eigenvalue weighted by atomic mass is 9.97. The molecule has 0 aliphatic heterocycles. The first-order chi connectivity index (χ1) is 29.3. The second kappa shape index (κ2) is 29.3. The van der Waals surface area contributed by atoms with Gasteiger partial charge in [0.05, 0.1) is 7.11 Å². The standard InChI is InChI=1S/C43H63N7O9S2/c1-29(2)24-35(48-39(54)33(46-28-52)20-23-61-5)40(55)49-36(25-30-14-8-6-9-15-30)42(57)50(37(43(58)59-3)26-31-16-10-7-11-17-31)41(56)34(18-12-13-21-44)47-38(53)32(45-27-51)19-22-60-4/h6-11,14-17,27-29,32-37H,12-13,18-26,44H2,1-5H3,(H,45,51)(H,46,52)(H,47,53)(H,48,54)(H,49,55)/t32-,33-,34-,35-,36-,37-/m0/s1. The number of carbonyl (C=O) groups excluding carboxylic acids is 8. The molecule has 0 aromatic heterocycles. The number of nitrogens with two attached hydrogens (primary N) is 1. The van der Waals surface area contributed by atoms with Crippen molar-refractivity contribution in [2.75, 3.05) is 37.7 Å². The van der Waals surface area contributed by atoms with Crippen LogP contribution < -0.4 is 32.3 Å². The SMILES string of the molecule is COC(=O)[C@H](Cc1ccccc1)N(C(=O)[C@H](CCCCN)NC(=O)[C@H](CCSC)NC=O)C(=O)[C@H](Cc1ccccc1)NC(=O)[C@H](CC(C)C)NC(=O)[C@H](CCSC)NC=O. The first-order valence-corrected chi connectivity index (χ1v) is 23.1. The monoisotopic (exact) mass is 885 g/mol. The van der Waals surface area contributed by atoms with E-state index in [1.165, 1.54) is 23.5 Å². The average Bonchev–Trinajstić information content (AvgIpc) is 3.25. The molecule has 18 heteroatoms. The predicted octanol–water partition coefficient (Wildman–Crippen LogP) is 1.73. The van der Waals surface area contributed by atoms with Gasteiger partial charge in [-0.05, 0) is 86.1 Å². The second-order valence-corrected chi connectivity index (χ2v) is 16.8. The molecule has 0 heterocycles.